The van der Waals surface area contributed by atoms with Crippen LogP contribution in [-0.2, 0) is 11.2 Å². The first-order chi connectivity index (χ1) is 9.83. The Morgan fingerprint density at radius 2 is 1.90 bits per heavy atom. The molecule has 1 aromatic rings. The predicted molar refractivity (Wildman–Crippen MR) is 75.2 cm³/mol. The molecule has 108 valence electrons. The Hall–Kier alpha value is -1.75. The molecule has 2 aliphatic rings. The van der Waals surface area contributed by atoms with Crippen molar-refractivity contribution in [2.24, 2.45) is 0 Å². The van der Waals surface area contributed by atoms with E-state index in [4.69, 9.17) is 9.47 Å². The number of benzene rings is 1. The van der Waals surface area contributed by atoms with Gasteiger partial charge in [-0.2, -0.15) is 0 Å². The molecule has 1 saturated heterocycles. The lowest BCUT2D eigenvalue weighted by atomic mass is 10.1. The minimum atomic E-state index is 0.237. The predicted octanol–water partition coefficient (Wildman–Crippen LogP) is 0.822. The SMILES string of the molecule is O=C(CCc1ccc2c(c1)OCCO2)N1CCNCC1. The Labute approximate surface area is 118 Å². The average Bonchev–Trinajstić information content (AvgIpc) is 2.53. The van der Waals surface area contributed by atoms with Gasteiger partial charge >= 0.3 is 0 Å². The van der Waals surface area contributed by atoms with E-state index in [0.717, 1.165) is 49.7 Å². The Bertz CT molecular complexity index is 484. The molecule has 2 aliphatic heterocycles. The van der Waals surface area contributed by atoms with Crippen LogP contribution in [0.2, 0.25) is 0 Å². The molecular weight excluding hydrogens is 256 g/mol. The van der Waals surface area contributed by atoms with E-state index >= 15 is 0 Å². The summed E-state index contributed by atoms with van der Waals surface area (Å²) in [5.41, 5.74) is 1.12. The van der Waals surface area contributed by atoms with Crippen molar-refractivity contribution in [3.63, 3.8) is 0 Å². The first-order valence-electron chi connectivity index (χ1n) is 7.20. The molecule has 5 nitrogen and oxygen atoms in total. The monoisotopic (exact) mass is 276 g/mol. The van der Waals surface area contributed by atoms with Gasteiger partial charge in [-0.1, -0.05) is 6.07 Å². The maximum absolute atomic E-state index is 12.1. The second-order valence-electron chi connectivity index (χ2n) is 5.11. The van der Waals surface area contributed by atoms with Gasteiger partial charge in [0.25, 0.3) is 0 Å². The highest BCUT2D eigenvalue weighted by Crippen LogP contribution is 2.31. The van der Waals surface area contributed by atoms with Gasteiger partial charge in [0, 0.05) is 32.6 Å². The van der Waals surface area contributed by atoms with Crippen LogP contribution in [0.3, 0.4) is 0 Å². The molecular formula is C15H20N2O3. The van der Waals surface area contributed by atoms with Crippen molar-refractivity contribution < 1.29 is 14.3 Å². The van der Waals surface area contributed by atoms with Crippen LogP contribution in [0.25, 0.3) is 0 Å². The standard InChI is InChI=1S/C15H20N2O3/c18-15(17-7-5-16-6-8-17)4-2-12-1-3-13-14(11-12)20-10-9-19-13/h1,3,11,16H,2,4-10H2. The number of fused-ring (bicyclic) bond motifs is 1. The first-order valence-corrected chi connectivity index (χ1v) is 7.20. The van der Waals surface area contributed by atoms with E-state index in [-0.39, 0.29) is 5.91 Å². The summed E-state index contributed by atoms with van der Waals surface area (Å²) in [7, 11) is 0. The maximum atomic E-state index is 12.1. The first kappa shape index (κ1) is 13.2. The molecule has 20 heavy (non-hydrogen) atoms. The van der Waals surface area contributed by atoms with Crippen LogP contribution in [0.1, 0.15) is 12.0 Å². The highest BCUT2D eigenvalue weighted by atomic mass is 16.6. The second kappa shape index (κ2) is 6.13. The third-order valence-electron chi connectivity index (χ3n) is 3.70. The number of piperazine rings is 1. The molecule has 0 unspecified atom stereocenters. The van der Waals surface area contributed by atoms with Crippen LogP contribution in [0.15, 0.2) is 18.2 Å². The molecule has 0 radical (unpaired) electrons. The van der Waals surface area contributed by atoms with Gasteiger partial charge in [0.1, 0.15) is 13.2 Å². The summed E-state index contributed by atoms with van der Waals surface area (Å²) in [6, 6.07) is 5.93. The van der Waals surface area contributed by atoms with Crippen molar-refractivity contribution >= 4 is 5.91 Å². The topological polar surface area (TPSA) is 50.8 Å². The van der Waals surface area contributed by atoms with Crippen molar-refractivity contribution in [2.75, 3.05) is 39.4 Å². The van der Waals surface area contributed by atoms with Crippen molar-refractivity contribution in [3.8, 4) is 11.5 Å². The van der Waals surface area contributed by atoms with Gasteiger partial charge in [-0.3, -0.25) is 4.79 Å². The highest BCUT2D eigenvalue weighted by molar-refractivity contribution is 5.76. The summed E-state index contributed by atoms with van der Waals surface area (Å²) >= 11 is 0. The molecule has 3 rings (SSSR count). The molecule has 2 heterocycles. The van der Waals surface area contributed by atoms with Gasteiger partial charge in [0.15, 0.2) is 11.5 Å². The summed E-state index contributed by atoms with van der Waals surface area (Å²) < 4.78 is 11.1. The van der Waals surface area contributed by atoms with Crippen LogP contribution in [0, 0.1) is 0 Å². The van der Waals surface area contributed by atoms with E-state index in [1.807, 2.05) is 23.1 Å². The number of ether oxygens (including phenoxy) is 2. The molecule has 0 aliphatic carbocycles. The Kier molecular flexibility index (Phi) is 4.06. The van der Waals surface area contributed by atoms with Crippen molar-refractivity contribution in [2.45, 2.75) is 12.8 Å². The minimum Gasteiger partial charge on any atom is -0.486 e. The number of rotatable bonds is 3. The average molecular weight is 276 g/mol. The van der Waals surface area contributed by atoms with Crippen molar-refractivity contribution in [1.82, 2.24) is 10.2 Å². The normalized spacial score (nSPS) is 17.9. The van der Waals surface area contributed by atoms with Gasteiger partial charge in [-0.25, -0.2) is 0 Å². The molecule has 5 heteroatoms. The number of nitrogens with zero attached hydrogens (tertiary/aromatic N) is 1. The summed E-state index contributed by atoms with van der Waals surface area (Å²) in [6.07, 6.45) is 1.30. The molecule has 0 bridgehead atoms. The Morgan fingerprint density at radius 3 is 2.70 bits per heavy atom. The molecule has 0 aromatic heterocycles. The number of aryl methyl sites for hydroxylation is 1. The zero-order valence-electron chi connectivity index (χ0n) is 11.6. The minimum absolute atomic E-state index is 0.237. The fraction of sp³-hybridized carbons (Fsp3) is 0.533. The number of carbonyl (C=O) groups is 1. The molecule has 1 aromatic carbocycles. The van der Waals surface area contributed by atoms with Crippen LogP contribution >= 0.6 is 0 Å². The third kappa shape index (κ3) is 3.04. The van der Waals surface area contributed by atoms with E-state index in [1.54, 1.807) is 0 Å². The van der Waals surface area contributed by atoms with Crippen LogP contribution in [0.5, 0.6) is 11.5 Å². The third-order valence-corrected chi connectivity index (χ3v) is 3.70. The van der Waals surface area contributed by atoms with Crippen LogP contribution in [-0.4, -0.2) is 50.2 Å². The largest absolute Gasteiger partial charge is 0.486 e. The van der Waals surface area contributed by atoms with E-state index in [0.29, 0.717) is 19.6 Å². The lowest BCUT2D eigenvalue weighted by molar-refractivity contribution is -0.131. The van der Waals surface area contributed by atoms with Gasteiger partial charge in [0.05, 0.1) is 0 Å². The highest BCUT2D eigenvalue weighted by Gasteiger charge is 2.16. The summed E-state index contributed by atoms with van der Waals surface area (Å²) in [5.74, 6) is 1.83. The number of hydrogen-bond acceptors (Lipinski definition) is 4. The molecule has 1 N–H and O–H groups in total. The van der Waals surface area contributed by atoms with E-state index in [9.17, 15) is 4.79 Å². The van der Waals surface area contributed by atoms with E-state index in [2.05, 4.69) is 5.32 Å². The molecule has 1 amide bonds. The summed E-state index contributed by atoms with van der Waals surface area (Å²) in [6.45, 7) is 4.63. The molecule has 0 atom stereocenters. The molecule has 1 fully saturated rings. The van der Waals surface area contributed by atoms with Gasteiger partial charge < -0.3 is 19.7 Å². The zero-order valence-corrected chi connectivity index (χ0v) is 11.6. The van der Waals surface area contributed by atoms with Crippen molar-refractivity contribution in [1.29, 1.82) is 0 Å². The maximum Gasteiger partial charge on any atom is 0.222 e. The van der Waals surface area contributed by atoms with Crippen LogP contribution < -0.4 is 14.8 Å². The number of carbonyl (C=O) groups excluding carboxylic acids is 1. The summed E-state index contributed by atoms with van der Waals surface area (Å²) in [4.78, 5) is 14.0. The summed E-state index contributed by atoms with van der Waals surface area (Å²) in [5, 5.41) is 3.25. The van der Waals surface area contributed by atoms with Gasteiger partial charge in [-0.05, 0) is 24.1 Å². The molecule has 0 saturated carbocycles. The Morgan fingerprint density at radius 1 is 1.15 bits per heavy atom. The Balaban J connectivity index is 1.56. The van der Waals surface area contributed by atoms with Gasteiger partial charge in [0.2, 0.25) is 5.91 Å². The molecule has 0 spiro atoms. The smallest absolute Gasteiger partial charge is 0.222 e. The van der Waals surface area contributed by atoms with Crippen molar-refractivity contribution in [3.05, 3.63) is 23.8 Å². The van der Waals surface area contributed by atoms with E-state index < -0.39 is 0 Å². The van der Waals surface area contributed by atoms with Gasteiger partial charge in [-0.15, -0.1) is 0 Å². The fourth-order valence-corrected chi connectivity index (χ4v) is 2.57. The fourth-order valence-electron chi connectivity index (χ4n) is 2.57. The number of amides is 1. The lowest BCUT2D eigenvalue weighted by Crippen LogP contribution is -2.46. The zero-order chi connectivity index (χ0) is 13.8. The number of hydrogen-bond donors (Lipinski definition) is 1. The second-order valence-corrected chi connectivity index (χ2v) is 5.11. The van der Waals surface area contributed by atoms with Crippen LogP contribution in [0.4, 0.5) is 0 Å². The quantitative estimate of drug-likeness (QED) is 0.888. The van der Waals surface area contributed by atoms with E-state index in [1.165, 1.54) is 0 Å². The lowest BCUT2D eigenvalue weighted by Gasteiger charge is -2.27. The number of nitrogens with one attached hydrogen (secondary N) is 1.